The number of aryl methyl sites for hydroxylation is 1. The first-order valence-corrected chi connectivity index (χ1v) is 7.79. The minimum Gasteiger partial charge on any atom is -0.497 e. The molecule has 2 heterocycles. The van der Waals surface area contributed by atoms with Crippen molar-refractivity contribution in [2.24, 2.45) is 0 Å². The van der Waals surface area contributed by atoms with Crippen molar-refractivity contribution in [3.8, 4) is 11.5 Å². The number of ether oxygens (including phenoxy) is 2. The lowest BCUT2D eigenvalue weighted by Crippen LogP contribution is -2.12. The van der Waals surface area contributed by atoms with Crippen molar-refractivity contribution in [2.75, 3.05) is 24.9 Å². The topological polar surface area (TPSA) is 98.5 Å². The highest BCUT2D eigenvalue weighted by Gasteiger charge is 2.11. The van der Waals surface area contributed by atoms with Gasteiger partial charge in [0.1, 0.15) is 23.1 Å². The quantitative estimate of drug-likeness (QED) is 0.700. The van der Waals surface area contributed by atoms with E-state index in [9.17, 15) is 4.79 Å². The molecule has 3 aromatic rings. The molecular formula is C18H18N4O4. The molecule has 0 aliphatic heterocycles. The number of benzene rings is 1. The van der Waals surface area contributed by atoms with E-state index in [2.05, 4.69) is 20.8 Å². The van der Waals surface area contributed by atoms with E-state index < -0.39 is 0 Å². The Labute approximate surface area is 150 Å². The van der Waals surface area contributed by atoms with Crippen molar-refractivity contribution in [3.05, 3.63) is 53.9 Å². The van der Waals surface area contributed by atoms with Gasteiger partial charge in [-0.3, -0.25) is 4.79 Å². The molecule has 0 bridgehead atoms. The van der Waals surface area contributed by atoms with Crippen molar-refractivity contribution in [1.82, 2.24) is 10.1 Å². The molecule has 8 nitrogen and oxygen atoms in total. The van der Waals surface area contributed by atoms with E-state index in [1.165, 1.54) is 6.20 Å². The summed E-state index contributed by atoms with van der Waals surface area (Å²) >= 11 is 0. The minimum absolute atomic E-state index is 0.323. The molecule has 0 unspecified atom stereocenters. The Morgan fingerprint density at radius 3 is 2.54 bits per heavy atom. The lowest BCUT2D eigenvalue weighted by Gasteiger charge is -2.12. The molecule has 2 aromatic heterocycles. The molecule has 0 spiro atoms. The number of amides is 1. The number of carbonyl (C=O) groups excluding carboxylic acids is 1. The first-order chi connectivity index (χ1) is 12.6. The van der Waals surface area contributed by atoms with Gasteiger partial charge < -0.3 is 24.6 Å². The second kappa shape index (κ2) is 7.56. The lowest BCUT2D eigenvalue weighted by atomic mass is 10.2. The molecule has 0 atom stereocenters. The van der Waals surface area contributed by atoms with E-state index in [0.717, 1.165) is 0 Å². The first-order valence-electron chi connectivity index (χ1n) is 7.79. The van der Waals surface area contributed by atoms with Crippen LogP contribution in [-0.4, -0.2) is 30.3 Å². The molecule has 0 saturated carbocycles. The molecule has 2 N–H and O–H groups in total. The molecule has 0 radical (unpaired) electrons. The van der Waals surface area contributed by atoms with Crippen LogP contribution in [0.2, 0.25) is 0 Å². The van der Waals surface area contributed by atoms with Crippen molar-refractivity contribution >= 4 is 23.2 Å². The van der Waals surface area contributed by atoms with Gasteiger partial charge in [-0.2, -0.15) is 0 Å². The molecule has 0 aliphatic carbocycles. The van der Waals surface area contributed by atoms with Crippen LogP contribution in [0.1, 0.15) is 16.1 Å². The number of anilines is 3. The lowest BCUT2D eigenvalue weighted by molar-refractivity contribution is 0.102. The molecule has 8 heteroatoms. The number of carbonyl (C=O) groups is 1. The largest absolute Gasteiger partial charge is 0.497 e. The zero-order chi connectivity index (χ0) is 18.5. The third kappa shape index (κ3) is 3.92. The summed E-state index contributed by atoms with van der Waals surface area (Å²) in [6, 6.07) is 10.4. The van der Waals surface area contributed by atoms with Crippen LogP contribution in [0.4, 0.5) is 17.3 Å². The van der Waals surface area contributed by atoms with E-state index in [0.29, 0.717) is 40.1 Å². The number of hydrogen-bond acceptors (Lipinski definition) is 7. The van der Waals surface area contributed by atoms with Crippen LogP contribution in [0.25, 0.3) is 0 Å². The fourth-order valence-electron chi connectivity index (χ4n) is 2.27. The van der Waals surface area contributed by atoms with Crippen LogP contribution in [0, 0.1) is 6.92 Å². The highest BCUT2D eigenvalue weighted by Crippen LogP contribution is 2.31. The summed E-state index contributed by atoms with van der Waals surface area (Å²) in [5, 5.41) is 9.51. The highest BCUT2D eigenvalue weighted by molar-refractivity contribution is 6.03. The summed E-state index contributed by atoms with van der Waals surface area (Å²) in [5.41, 5.74) is 1.10. The number of aromatic nitrogens is 2. The second-order valence-electron chi connectivity index (χ2n) is 5.40. The Morgan fingerprint density at radius 1 is 1.08 bits per heavy atom. The van der Waals surface area contributed by atoms with Gasteiger partial charge in [-0.25, -0.2) is 4.98 Å². The monoisotopic (exact) mass is 354 g/mol. The number of rotatable bonds is 6. The van der Waals surface area contributed by atoms with Crippen molar-refractivity contribution < 1.29 is 18.8 Å². The van der Waals surface area contributed by atoms with E-state index in [-0.39, 0.29) is 5.91 Å². The van der Waals surface area contributed by atoms with Crippen LogP contribution < -0.4 is 20.1 Å². The predicted molar refractivity (Wildman–Crippen MR) is 96.3 cm³/mol. The Balaban J connectivity index is 1.72. The molecule has 0 fully saturated rings. The van der Waals surface area contributed by atoms with Crippen molar-refractivity contribution in [1.29, 1.82) is 0 Å². The standard InChI is InChI=1S/C18H18N4O4/c1-11-8-17(22-26-11)21-18(23)12-4-7-16(19-10-12)20-14-9-13(24-2)5-6-15(14)25-3/h4-10H,1-3H3,(H,19,20)(H,21,22,23). The zero-order valence-corrected chi connectivity index (χ0v) is 14.6. The highest BCUT2D eigenvalue weighted by atomic mass is 16.5. The number of nitrogens with zero attached hydrogens (tertiary/aromatic N) is 2. The summed E-state index contributed by atoms with van der Waals surface area (Å²) in [6.07, 6.45) is 1.47. The molecule has 0 aliphatic rings. The van der Waals surface area contributed by atoms with Gasteiger partial charge in [-0.1, -0.05) is 5.16 Å². The van der Waals surface area contributed by atoms with Gasteiger partial charge in [0, 0.05) is 18.3 Å². The average molecular weight is 354 g/mol. The zero-order valence-electron chi connectivity index (χ0n) is 14.6. The third-order valence-electron chi connectivity index (χ3n) is 3.56. The van der Waals surface area contributed by atoms with Gasteiger partial charge in [0.25, 0.3) is 5.91 Å². The van der Waals surface area contributed by atoms with Crippen LogP contribution in [0.15, 0.2) is 47.1 Å². The van der Waals surface area contributed by atoms with E-state index >= 15 is 0 Å². The van der Waals surface area contributed by atoms with Crippen LogP contribution in [0.3, 0.4) is 0 Å². The Bertz CT molecular complexity index is 906. The van der Waals surface area contributed by atoms with Gasteiger partial charge in [-0.05, 0) is 31.2 Å². The molecular weight excluding hydrogens is 336 g/mol. The molecule has 0 saturated heterocycles. The van der Waals surface area contributed by atoms with Gasteiger partial charge in [0.05, 0.1) is 25.5 Å². The Kier molecular flexibility index (Phi) is 5.02. The van der Waals surface area contributed by atoms with Gasteiger partial charge in [-0.15, -0.1) is 0 Å². The number of nitrogens with one attached hydrogen (secondary N) is 2. The third-order valence-corrected chi connectivity index (χ3v) is 3.56. The van der Waals surface area contributed by atoms with Crippen molar-refractivity contribution in [2.45, 2.75) is 6.92 Å². The molecule has 26 heavy (non-hydrogen) atoms. The first kappa shape index (κ1) is 17.3. The summed E-state index contributed by atoms with van der Waals surface area (Å²) in [5.74, 6) is 2.55. The van der Waals surface area contributed by atoms with Gasteiger partial charge >= 0.3 is 0 Å². The SMILES string of the molecule is COc1ccc(OC)c(Nc2ccc(C(=O)Nc3cc(C)on3)cn2)c1. The minimum atomic E-state index is -0.323. The fraction of sp³-hybridized carbons (Fsp3) is 0.167. The number of pyridine rings is 1. The normalized spacial score (nSPS) is 10.3. The smallest absolute Gasteiger partial charge is 0.258 e. The van der Waals surface area contributed by atoms with E-state index in [1.54, 1.807) is 57.5 Å². The average Bonchev–Trinajstić information content (AvgIpc) is 3.07. The maximum Gasteiger partial charge on any atom is 0.258 e. The number of methoxy groups -OCH3 is 2. The summed E-state index contributed by atoms with van der Waals surface area (Å²) in [4.78, 5) is 16.4. The number of hydrogen-bond donors (Lipinski definition) is 2. The fourth-order valence-corrected chi connectivity index (χ4v) is 2.27. The molecule has 134 valence electrons. The van der Waals surface area contributed by atoms with E-state index in [1.807, 2.05) is 0 Å². The van der Waals surface area contributed by atoms with Gasteiger partial charge in [0.2, 0.25) is 0 Å². The Hall–Kier alpha value is -3.55. The Morgan fingerprint density at radius 2 is 1.92 bits per heavy atom. The summed E-state index contributed by atoms with van der Waals surface area (Å²) in [6.45, 7) is 1.75. The maximum atomic E-state index is 12.2. The van der Waals surface area contributed by atoms with Gasteiger partial charge in [0.15, 0.2) is 5.82 Å². The molecule has 1 amide bonds. The second-order valence-corrected chi connectivity index (χ2v) is 5.40. The van der Waals surface area contributed by atoms with Crippen LogP contribution in [0.5, 0.6) is 11.5 Å². The van der Waals surface area contributed by atoms with Crippen LogP contribution in [-0.2, 0) is 0 Å². The van der Waals surface area contributed by atoms with E-state index in [4.69, 9.17) is 14.0 Å². The summed E-state index contributed by atoms with van der Waals surface area (Å²) in [7, 11) is 3.17. The van der Waals surface area contributed by atoms with Crippen molar-refractivity contribution in [3.63, 3.8) is 0 Å². The molecule has 1 aromatic carbocycles. The maximum absolute atomic E-state index is 12.2. The summed E-state index contributed by atoms with van der Waals surface area (Å²) < 4.78 is 15.5. The molecule has 3 rings (SSSR count). The predicted octanol–water partition coefficient (Wildman–Crippen LogP) is 3.39. The van der Waals surface area contributed by atoms with Crippen LogP contribution >= 0.6 is 0 Å².